The molecule has 0 bridgehead atoms. The molecule has 29 heavy (non-hydrogen) atoms. The van der Waals surface area contributed by atoms with Gasteiger partial charge in [-0.3, -0.25) is 0 Å². The fraction of sp³-hybridized carbons (Fsp3) is 0.526. The zero-order chi connectivity index (χ0) is 20.4. The number of piperazine rings is 1. The van der Waals surface area contributed by atoms with E-state index in [1.807, 2.05) is 17.0 Å². The van der Waals surface area contributed by atoms with Gasteiger partial charge in [0.05, 0.1) is 5.56 Å². The maximum absolute atomic E-state index is 14.2. The molecular formula is C19H22F4N6. The van der Waals surface area contributed by atoms with E-state index in [0.717, 1.165) is 24.7 Å². The van der Waals surface area contributed by atoms with E-state index >= 15 is 0 Å². The van der Waals surface area contributed by atoms with Crippen molar-refractivity contribution in [2.75, 3.05) is 54.0 Å². The first-order valence-corrected chi connectivity index (χ1v) is 9.73. The molecule has 4 heterocycles. The van der Waals surface area contributed by atoms with Gasteiger partial charge in [-0.15, -0.1) is 10.2 Å². The van der Waals surface area contributed by atoms with E-state index in [0.29, 0.717) is 38.4 Å². The first-order chi connectivity index (χ1) is 13.9. The fourth-order valence-electron chi connectivity index (χ4n) is 3.74. The van der Waals surface area contributed by atoms with E-state index in [-0.39, 0.29) is 5.82 Å². The molecule has 156 valence electrons. The molecule has 2 aromatic heterocycles. The Balaban J connectivity index is 1.38. The highest BCUT2D eigenvalue weighted by atomic mass is 19.4. The van der Waals surface area contributed by atoms with Gasteiger partial charge in [-0.25, -0.2) is 9.37 Å². The van der Waals surface area contributed by atoms with Crippen LogP contribution in [0.2, 0.25) is 0 Å². The largest absolute Gasteiger partial charge is 0.417 e. The number of nitrogens with zero attached hydrogens (tertiary/aromatic N) is 6. The lowest BCUT2D eigenvalue weighted by Gasteiger charge is -2.36. The summed E-state index contributed by atoms with van der Waals surface area (Å²) in [7, 11) is 0. The average molecular weight is 410 g/mol. The average Bonchev–Trinajstić information content (AvgIpc) is 2.74. The van der Waals surface area contributed by atoms with Gasteiger partial charge in [0.2, 0.25) is 0 Å². The second kappa shape index (κ2) is 8.00. The number of rotatable bonds is 3. The van der Waals surface area contributed by atoms with E-state index in [9.17, 15) is 17.6 Å². The van der Waals surface area contributed by atoms with Gasteiger partial charge in [0, 0.05) is 45.5 Å². The molecule has 0 N–H and O–H groups in total. The molecular weight excluding hydrogens is 388 g/mol. The van der Waals surface area contributed by atoms with Gasteiger partial charge in [-0.05, 0) is 37.5 Å². The Morgan fingerprint density at radius 1 is 0.759 bits per heavy atom. The van der Waals surface area contributed by atoms with Crippen molar-refractivity contribution < 1.29 is 17.6 Å². The Labute approximate surface area is 166 Å². The summed E-state index contributed by atoms with van der Waals surface area (Å²) in [6.45, 7) is 3.98. The molecule has 2 aromatic rings. The Kier molecular flexibility index (Phi) is 5.42. The third kappa shape index (κ3) is 4.35. The number of hydrogen-bond donors (Lipinski definition) is 0. The Hall–Kier alpha value is -2.65. The van der Waals surface area contributed by atoms with E-state index in [4.69, 9.17) is 0 Å². The number of pyridine rings is 1. The Morgan fingerprint density at radius 3 is 1.83 bits per heavy atom. The summed E-state index contributed by atoms with van der Waals surface area (Å²) in [6.07, 6.45) is -0.347. The molecule has 2 aliphatic heterocycles. The van der Waals surface area contributed by atoms with Gasteiger partial charge >= 0.3 is 6.18 Å². The lowest BCUT2D eigenvalue weighted by atomic mass is 10.1. The van der Waals surface area contributed by atoms with Crippen molar-refractivity contribution in [2.24, 2.45) is 0 Å². The van der Waals surface area contributed by atoms with Gasteiger partial charge in [-0.1, -0.05) is 0 Å². The minimum absolute atomic E-state index is 0.0517. The smallest absolute Gasteiger partial charge is 0.355 e. The summed E-state index contributed by atoms with van der Waals surface area (Å²) >= 11 is 0. The lowest BCUT2D eigenvalue weighted by Crippen LogP contribution is -2.47. The molecule has 10 heteroatoms. The molecule has 6 nitrogen and oxygen atoms in total. The van der Waals surface area contributed by atoms with Gasteiger partial charge in [0.1, 0.15) is 0 Å². The fourth-order valence-corrected chi connectivity index (χ4v) is 3.74. The van der Waals surface area contributed by atoms with Gasteiger partial charge < -0.3 is 14.7 Å². The van der Waals surface area contributed by atoms with Crippen molar-refractivity contribution in [2.45, 2.75) is 25.4 Å². The maximum Gasteiger partial charge on any atom is 0.417 e. The number of hydrogen-bond acceptors (Lipinski definition) is 6. The summed E-state index contributed by atoms with van der Waals surface area (Å²) in [5.41, 5.74) is -1.08. The van der Waals surface area contributed by atoms with E-state index in [1.165, 1.54) is 19.3 Å². The van der Waals surface area contributed by atoms with Crippen molar-refractivity contribution in [3.63, 3.8) is 0 Å². The van der Waals surface area contributed by atoms with E-state index in [2.05, 4.69) is 20.1 Å². The Bertz CT molecular complexity index is 828. The van der Waals surface area contributed by atoms with Crippen LogP contribution in [0.4, 0.5) is 35.0 Å². The van der Waals surface area contributed by atoms with Crippen LogP contribution in [0.25, 0.3) is 0 Å². The van der Waals surface area contributed by atoms with Crippen LogP contribution in [0.5, 0.6) is 0 Å². The Morgan fingerprint density at radius 2 is 1.31 bits per heavy atom. The monoisotopic (exact) mass is 410 g/mol. The number of halogens is 4. The van der Waals surface area contributed by atoms with Crippen LogP contribution in [0.1, 0.15) is 24.8 Å². The van der Waals surface area contributed by atoms with Gasteiger partial charge in [0.25, 0.3) is 0 Å². The van der Waals surface area contributed by atoms with E-state index in [1.54, 1.807) is 4.90 Å². The van der Waals surface area contributed by atoms with Crippen LogP contribution in [0.3, 0.4) is 0 Å². The van der Waals surface area contributed by atoms with Crippen molar-refractivity contribution in [1.29, 1.82) is 0 Å². The third-order valence-corrected chi connectivity index (χ3v) is 5.37. The van der Waals surface area contributed by atoms with Crippen molar-refractivity contribution in [3.8, 4) is 0 Å². The third-order valence-electron chi connectivity index (χ3n) is 5.37. The molecule has 0 radical (unpaired) electrons. The SMILES string of the molecule is Fc1cc(C(F)(F)F)cnc1N1CCN(c2ccc(N3CCCCC3)nn2)CC1. The molecule has 0 aromatic carbocycles. The molecule has 0 saturated carbocycles. The molecule has 2 fully saturated rings. The molecule has 0 amide bonds. The maximum atomic E-state index is 14.2. The molecule has 0 atom stereocenters. The molecule has 0 unspecified atom stereocenters. The van der Waals surface area contributed by atoms with Crippen molar-refractivity contribution in [3.05, 3.63) is 35.8 Å². The minimum Gasteiger partial charge on any atom is -0.355 e. The highest BCUT2D eigenvalue weighted by Gasteiger charge is 2.32. The van der Waals surface area contributed by atoms with Crippen LogP contribution in [0.15, 0.2) is 24.4 Å². The summed E-state index contributed by atoms with van der Waals surface area (Å²) in [4.78, 5) is 9.63. The minimum atomic E-state index is -4.61. The molecule has 2 aliphatic rings. The summed E-state index contributed by atoms with van der Waals surface area (Å²) in [6, 6.07) is 4.40. The summed E-state index contributed by atoms with van der Waals surface area (Å²) in [5, 5.41) is 8.68. The number of aromatic nitrogens is 3. The quantitative estimate of drug-likeness (QED) is 0.724. The van der Waals surface area contributed by atoms with Gasteiger partial charge in [-0.2, -0.15) is 13.2 Å². The number of piperidine rings is 1. The zero-order valence-corrected chi connectivity index (χ0v) is 15.9. The second-order valence-electron chi connectivity index (χ2n) is 7.30. The van der Waals surface area contributed by atoms with Crippen LogP contribution < -0.4 is 14.7 Å². The summed E-state index contributed by atoms with van der Waals surface area (Å²) in [5.74, 6) is 0.609. The lowest BCUT2D eigenvalue weighted by molar-refractivity contribution is -0.138. The molecule has 4 rings (SSSR count). The van der Waals surface area contributed by atoms with Crippen LogP contribution >= 0.6 is 0 Å². The standard InChI is InChI=1S/C19H22F4N6/c20-15-12-14(19(21,22)23)13-24-18(15)29-10-8-28(9-11-29)17-5-4-16(25-26-17)27-6-2-1-3-7-27/h4-5,12-13H,1-3,6-11H2. The van der Waals surface area contributed by atoms with Crippen molar-refractivity contribution in [1.82, 2.24) is 15.2 Å². The van der Waals surface area contributed by atoms with Crippen LogP contribution in [-0.4, -0.2) is 54.4 Å². The molecule has 0 aliphatic carbocycles. The normalized spacial score (nSPS) is 18.3. The second-order valence-corrected chi connectivity index (χ2v) is 7.30. The highest BCUT2D eigenvalue weighted by Crippen LogP contribution is 2.31. The topological polar surface area (TPSA) is 48.4 Å². The van der Waals surface area contributed by atoms with Crippen LogP contribution in [0, 0.1) is 5.82 Å². The summed E-state index contributed by atoms with van der Waals surface area (Å²) < 4.78 is 52.2. The first kappa shape index (κ1) is 19.7. The first-order valence-electron chi connectivity index (χ1n) is 9.73. The molecule has 2 saturated heterocycles. The predicted molar refractivity (Wildman–Crippen MR) is 102 cm³/mol. The van der Waals surface area contributed by atoms with E-state index < -0.39 is 17.6 Å². The van der Waals surface area contributed by atoms with Gasteiger partial charge in [0.15, 0.2) is 23.3 Å². The highest BCUT2D eigenvalue weighted by molar-refractivity contribution is 5.48. The van der Waals surface area contributed by atoms with Crippen molar-refractivity contribution >= 4 is 17.5 Å². The number of alkyl halides is 3. The predicted octanol–water partition coefficient (Wildman–Crippen LogP) is 3.35. The number of anilines is 3. The zero-order valence-electron chi connectivity index (χ0n) is 15.9. The van der Waals surface area contributed by atoms with Crippen LogP contribution in [-0.2, 0) is 6.18 Å². The molecule has 0 spiro atoms.